The van der Waals surface area contributed by atoms with Gasteiger partial charge in [-0.25, -0.2) is 4.79 Å². The molecule has 0 aromatic heterocycles. The fourth-order valence-corrected chi connectivity index (χ4v) is 1.27. The first kappa shape index (κ1) is 11.4. The summed E-state index contributed by atoms with van der Waals surface area (Å²) in [6.45, 7) is 5.38. The third-order valence-corrected chi connectivity index (χ3v) is 2.05. The minimum atomic E-state index is -0.359. The minimum absolute atomic E-state index is 0.359. The second-order valence-electron chi connectivity index (χ2n) is 3.23. The zero-order chi connectivity index (χ0) is 13.4. The van der Waals surface area contributed by atoms with Crippen molar-refractivity contribution in [2.24, 2.45) is 0 Å². The summed E-state index contributed by atoms with van der Waals surface area (Å²) < 4.78 is 11.8. The molecular weight excluding hydrogens is 212 g/mol. The highest BCUT2D eigenvalue weighted by Gasteiger charge is 1.86. The van der Waals surface area contributed by atoms with E-state index in [-0.39, 0.29) is 5.97 Å². The van der Waals surface area contributed by atoms with E-state index in [0.717, 1.165) is 11.5 Å². The molecule has 0 N–H and O–H groups in total. The lowest BCUT2D eigenvalue weighted by molar-refractivity contribution is -0.137. The van der Waals surface area contributed by atoms with E-state index >= 15 is 0 Å². The molecule has 88 valence electrons. The Morgan fingerprint density at radius 1 is 1.29 bits per heavy atom. The highest BCUT2D eigenvalue weighted by molar-refractivity contribution is 5.82. The average molecular weight is 229 g/mol. The van der Waals surface area contributed by atoms with Crippen LogP contribution in [0.25, 0.3) is 10.8 Å². The first-order chi connectivity index (χ1) is 8.67. The Morgan fingerprint density at radius 3 is 2.41 bits per heavy atom. The van der Waals surface area contributed by atoms with E-state index in [1.807, 2.05) is 36.4 Å². The molecule has 0 heterocycles. The Labute approximate surface area is 103 Å². The molecule has 0 aliphatic heterocycles. The van der Waals surface area contributed by atoms with Gasteiger partial charge in [0.15, 0.2) is 0 Å². The summed E-state index contributed by atoms with van der Waals surface area (Å²) in [6, 6.07) is 14.3. The third kappa shape index (κ3) is 4.51. The summed E-state index contributed by atoms with van der Waals surface area (Å²) >= 11 is 0. The van der Waals surface area contributed by atoms with Crippen molar-refractivity contribution in [3.63, 3.8) is 0 Å². The maximum absolute atomic E-state index is 10.1. The highest BCUT2D eigenvalue weighted by atomic mass is 16.5. The predicted octanol–water partition coefficient (Wildman–Crippen LogP) is 3.58. The number of fused-ring (bicyclic) bond motifs is 1. The van der Waals surface area contributed by atoms with E-state index in [0.29, 0.717) is 12.6 Å². The monoisotopic (exact) mass is 229 g/mol. The van der Waals surface area contributed by atoms with Crippen LogP contribution in [0.4, 0.5) is 0 Å². The van der Waals surface area contributed by atoms with E-state index in [1.54, 1.807) is 6.92 Å². The largest absolute Gasteiger partial charge is 0.463 e. The predicted molar refractivity (Wildman–Crippen MR) is 70.8 cm³/mol. The number of rotatable bonds is 2. The van der Waals surface area contributed by atoms with Crippen LogP contribution in [0.1, 0.15) is 8.29 Å². The molecule has 0 aliphatic rings. The lowest BCUT2D eigenvalue weighted by Crippen LogP contribution is -1.97. The maximum Gasteiger partial charge on any atom is 0.330 e. The van der Waals surface area contributed by atoms with Gasteiger partial charge in [0.25, 0.3) is 0 Å². The van der Waals surface area contributed by atoms with Crippen molar-refractivity contribution < 1.29 is 10.9 Å². The van der Waals surface area contributed by atoms with Gasteiger partial charge in [-0.1, -0.05) is 55.1 Å². The van der Waals surface area contributed by atoms with Gasteiger partial charge in [0.05, 0.1) is 7.98 Å². The Morgan fingerprint density at radius 2 is 1.88 bits per heavy atom. The third-order valence-electron chi connectivity index (χ3n) is 2.05. The van der Waals surface area contributed by atoms with Gasteiger partial charge < -0.3 is 4.74 Å². The summed E-state index contributed by atoms with van der Waals surface area (Å²) in [5.74, 6) is -0.359. The van der Waals surface area contributed by atoms with E-state index in [2.05, 4.69) is 17.4 Å². The molecule has 0 unspecified atom stereocenters. The Bertz CT molecular complexity index is 535. The molecule has 0 atom stereocenters. The summed E-state index contributed by atoms with van der Waals surface area (Å²) in [4.78, 5) is 10.1. The van der Waals surface area contributed by atoms with Gasteiger partial charge in [-0.15, -0.1) is 0 Å². The topological polar surface area (TPSA) is 26.3 Å². The number of carbonyl (C=O) groups excluding carboxylic acids is 1. The van der Waals surface area contributed by atoms with Crippen LogP contribution in [0, 0.1) is 0 Å². The van der Waals surface area contributed by atoms with Crippen molar-refractivity contribution >= 4 is 16.7 Å². The molecule has 0 radical (unpaired) electrons. The Kier molecular flexibility index (Phi) is 4.85. The molecule has 0 spiro atoms. The van der Waals surface area contributed by atoms with Crippen molar-refractivity contribution in [1.29, 1.82) is 0 Å². The van der Waals surface area contributed by atoms with Crippen LogP contribution >= 0.6 is 0 Å². The molecule has 0 bridgehead atoms. The van der Waals surface area contributed by atoms with E-state index in [9.17, 15) is 4.79 Å². The molecule has 0 saturated heterocycles. The number of carbonyl (C=O) groups is 1. The quantitative estimate of drug-likeness (QED) is 0.581. The van der Waals surface area contributed by atoms with Crippen LogP contribution < -0.4 is 0 Å². The fourth-order valence-electron chi connectivity index (χ4n) is 1.27. The van der Waals surface area contributed by atoms with Crippen molar-refractivity contribution in [3.8, 4) is 0 Å². The molecule has 2 heteroatoms. The molecule has 17 heavy (non-hydrogen) atoms. The summed E-state index contributed by atoms with van der Waals surface area (Å²) in [5.41, 5.74) is 0. The summed E-state index contributed by atoms with van der Waals surface area (Å²) in [6.07, 6.45) is 1.14. The average Bonchev–Trinajstić information content (AvgIpc) is 2.39. The molecule has 2 aromatic carbocycles. The molecule has 0 saturated carbocycles. The second kappa shape index (κ2) is 7.23. The van der Waals surface area contributed by atoms with Gasteiger partial charge >= 0.3 is 5.97 Å². The number of esters is 1. The summed E-state index contributed by atoms with van der Waals surface area (Å²) in [5, 5.41) is 2.34. The number of hydrogen-bond acceptors (Lipinski definition) is 2. The summed E-state index contributed by atoms with van der Waals surface area (Å²) in [7, 11) is 0. The maximum atomic E-state index is 10.1. The number of hydrogen-bond donors (Lipinski definition) is 0. The van der Waals surface area contributed by atoms with E-state index < -0.39 is 0 Å². The molecule has 0 fully saturated rings. The van der Waals surface area contributed by atoms with Crippen LogP contribution in [0.3, 0.4) is 0 Å². The molecule has 2 rings (SSSR count). The zero-order valence-electron chi connectivity index (χ0n) is 10.8. The zero-order valence-corrected chi connectivity index (χ0v) is 9.85. The Balaban J connectivity index is 0.000000203. The molecule has 2 nitrogen and oxygen atoms in total. The lowest BCUT2D eigenvalue weighted by atomic mass is 10.1. The van der Waals surface area contributed by atoms with Crippen LogP contribution in [0.5, 0.6) is 0 Å². The van der Waals surface area contributed by atoms with Gasteiger partial charge in [-0.3, -0.25) is 0 Å². The van der Waals surface area contributed by atoms with Crippen molar-refractivity contribution in [1.82, 2.24) is 0 Å². The normalized spacial score (nSPS) is 9.82. The highest BCUT2D eigenvalue weighted by Crippen LogP contribution is 2.11. The second-order valence-corrected chi connectivity index (χ2v) is 3.23. The standard InChI is InChI=1S/C10H8.C5H8O2/c1-2-6-10-8-4-3-7-9(10)5-1;1-3-5(6)7-4-2/h1-8H;3H,1,4H2,2H3/i1D;. The lowest BCUT2D eigenvalue weighted by Gasteiger charge is -1.92. The van der Waals surface area contributed by atoms with E-state index in [4.69, 9.17) is 1.37 Å². The van der Waals surface area contributed by atoms with Crippen LogP contribution in [-0.4, -0.2) is 12.6 Å². The molecule has 0 aliphatic carbocycles. The van der Waals surface area contributed by atoms with Crippen molar-refractivity contribution in [3.05, 3.63) is 61.2 Å². The first-order valence-corrected chi connectivity index (χ1v) is 5.42. The minimum Gasteiger partial charge on any atom is -0.463 e. The van der Waals surface area contributed by atoms with Crippen LogP contribution in [0.2, 0.25) is 0 Å². The molecule has 2 aromatic rings. The van der Waals surface area contributed by atoms with Crippen molar-refractivity contribution in [2.75, 3.05) is 6.61 Å². The van der Waals surface area contributed by atoms with E-state index in [1.165, 1.54) is 5.39 Å². The van der Waals surface area contributed by atoms with Gasteiger partial charge in [0.1, 0.15) is 0 Å². The van der Waals surface area contributed by atoms with Gasteiger partial charge in [-0.2, -0.15) is 0 Å². The smallest absolute Gasteiger partial charge is 0.330 e. The molecular formula is C15H16O2. The first-order valence-electron chi connectivity index (χ1n) is 5.92. The number of benzene rings is 2. The van der Waals surface area contributed by atoms with Crippen LogP contribution in [-0.2, 0) is 9.53 Å². The SMILES string of the molecule is C=CC(=O)OCC.[2H]c1ccc2ccccc2c1. The van der Waals surface area contributed by atoms with Gasteiger partial charge in [-0.05, 0) is 17.7 Å². The Hall–Kier alpha value is -2.09. The fraction of sp³-hybridized carbons (Fsp3) is 0.133. The van der Waals surface area contributed by atoms with Gasteiger partial charge in [0.2, 0.25) is 0 Å². The van der Waals surface area contributed by atoms with Crippen LogP contribution in [0.15, 0.2) is 61.2 Å². The van der Waals surface area contributed by atoms with Crippen molar-refractivity contribution in [2.45, 2.75) is 6.92 Å². The van der Waals surface area contributed by atoms with Gasteiger partial charge in [0, 0.05) is 6.08 Å². The number of ether oxygens (including phenoxy) is 1. The molecule has 0 amide bonds.